The van der Waals surface area contributed by atoms with Crippen LogP contribution >= 0.6 is 11.6 Å². The summed E-state index contributed by atoms with van der Waals surface area (Å²) in [6.07, 6.45) is -4.60. The molecule has 0 spiro atoms. The first-order valence-electron chi connectivity index (χ1n) is 4.69. The Balaban J connectivity index is 2.88. The highest BCUT2D eigenvalue weighted by atomic mass is 35.5. The van der Waals surface area contributed by atoms with E-state index in [1.54, 1.807) is 6.92 Å². The highest BCUT2D eigenvalue weighted by molar-refractivity contribution is 6.35. The highest BCUT2D eigenvalue weighted by Gasteiger charge is 2.32. The zero-order valence-electron chi connectivity index (χ0n) is 8.65. The van der Waals surface area contributed by atoms with Crippen LogP contribution in [0, 0.1) is 6.92 Å². The van der Waals surface area contributed by atoms with E-state index in [0.717, 1.165) is 0 Å². The van der Waals surface area contributed by atoms with Gasteiger partial charge >= 0.3 is 6.18 Å². The molecule has 2 aromatic rings. The van der Waals surface area contributed by atoms with Gasteiger partial charge in [0, 0.05) is 11.5 Å². The van der Waals surface area contributed by atoms with Gasteiger partial charge in [0.05, 0.1) is 10.5 Å². The second-order valence-electron chi connectivity index (χ2n) is 3.71. The van der Waals surface area contributed by atoms with Gasteiger partial charge in [-0.15, -0.1) is 0 Å². The average molecular weight is 262 g/mol. The topological polar surface area (TPSA) is 32.9 Å². The largest absolute Gasteiger partial charge is 0.431 e. The van der Waals surface area contributed by atoms with E-state index >= 15 is 0 Å². The molecule has 1 aromatic carbocycles. The Hall–Kier alpha value is -1.49. The number of pyridine rings is 1. The van der Waals surface area contributed by atoms with Gasteiger partial charge in [0.1, 0.15) is 5.69 Å². The van der Waals surface area contributed by atoms with Crippen molar-refractivity contribution in [1.82, 2.24) is 4.98 Å². The predicted molar refractivity (Wildman–Crippen MR) is 59.3 cm³/mol. The minimum Gasteiger partial charge on any atom is -0.350 e. The minimum atomic E-state index is -4.60. The minimum absolute atomic E-state index is 0.0112. The molecular weight excluding hydrogens is 255 g/mol. The lowest BCUT2D eigenvalue weighted by Gasteiger charge is -2.09. The van der Waals surface area contributed by atoms with Crippen molar-refractivity contribution in [3.8, 4) is 0 Å². The Kier molecular flexibility index (Phi) is 2.66. The molecule has 0 aliphatic carbocycles. The molecule has 0 amide bonds. The first-order valence-corrected chi connectivity index (χ1v) is 5.07. The van der Waals surface area contributed by atoms with Gasteiger partial charge in [0.25, 0.3) is 0 Å². The molecule has 1 aromatic heterocycles. The lowest BCUT2D eigenvalue weighted by Crippen LogP contribution is -2.14. The van der Waals surface area contributed by atoms with Gasteiger partial charge in [0.2, 0.25) is 0 Å². The number of hydrogen-bond acceptors (Lipinski definition) is 1. The third-order valence-corrected chi connectivity index (χ3v) is 2.64. The number of fused-ring (bicyclic) bond motifs is 1. The Bertz CT molecular complexity index is 645. The van der Waals surface area contributed by atoms with Crippen molar-refractivity contribution >= 4 is 22.5 Å². The monoisotopic (exact) mass is 261 g/mol. The maximum absolute atomic E-state index is 12.5. The number of alkyl halides is 3. The predicted octanol–water partition coefficient (Wildman–Crippen LogP) is 3.51. The zero-order chi connectivity index (χ0) is 12.8. The Morgan fingerprint density at radius 1 is 1.24 bits per heavy atom. The SMILES string of the molecule is Cc1cc(Cl)c2[nH]c(C(F)(F)F)cc(=O)c2c1. The van der Waals surface area contributed by atoms with E-state index in [2.05, 4.69) is 4.98 Å². The fraction of sp³-hybridized carbons (Fsp3) is 0.182. The van der Waals surface area contributed by atoms with Gasteiger partial charge in [-0.1, -0.05) is 11.6 Å². The third-order valence-electron chi connectivity index (χ3n) is 2.34. The molecule has 0 saturated heterocycles. The van der Waals surface area contributed by atoms with Crippen LogP contribution in [0.4, 0.5) is 13.2 Å². The molecule has 90 valence electrons. The number of benzene rings is 1. The number of nitrogens with one attached hydrogen (secondary N) is 1. The third kappa shape index (κ3) is 2.15. The number of aromatic nitrogens is 1. The number of halogens is 4. The molecular formula is C11H7ClF3NO. The van der Waals surface area contributed by atoms with E-state index in [4.69, 9.17) is 11.6 Å². The standard InChI is InChI=1S/C11H7ClF3NO/c1-5-2-6-8(17)4-9(11(13,14)15)16-10(6)7(12)3-5/h2-4H,1H3,(H,16,17). The summed E-state index contributed by atoms with van der Waals surface area (Å²) in [7, 11) is 0. The van der Waals surface area contributed by atoms with Gasteiger partial charge in [-0.2, -0.15) is 13.2 Å². The first kappa shape index (κ1) is 12.0. The normalized spacial score (nSPS) is 12.1. The maximum atomic E-state index is 12.5. The van der Waals surface area contributed by atoms with Gasteiger partial charge < -0.3 is 4.98 Å². The summed E-state index contributed by atoms with van der Waals surface area (Å²) in [5.41, 5.74) is -1.07. The Morgan fingerprint density at radius 3 is 2.47 bits per heavy atom. The molecule has 0 atom stereocenters. The van der Waals surface area contributed by atoms with Crippen molar-refractivity contribution in [1.29, 1.82) is 0 Å². The molecule has 1 heterocycles. The summed E-state index contributed by atoms with van der Waals surface area (Å²) >= 11 is 5.82. The van der Waals surface area contributed by atoms with Crippen LogP contribution in [0.5, 0.6) is 0 Å². The molecule has 0 unspecified atom stereocenters. The second kappa shape index (κ2) is 3.77. The summed E-state index contributed by atoms with van der Waals surface area (Å²) < 4.78 is 37.5. The van der Waals surface area contributed by atoms with Crippen LogP contribution in [0.3, 0.4) is 0 Å². The molecule has 0 saturated carbocycles. The van der Waals surface area contributed by atoms with Crippen LogP contribution in [-0.4, -0.2) is 4.98 Å². The number of hydrogen-bond donors (Lipinski definition) is 1. The summed E-state index contributed by atoms with van der Waals surface area (Å²) in [4.78, 5) is 13.7. The number of aromatic amines is 1. The van der Waals surface area contributed by atoms with Gasteiger partial charge in [-0.25, -0.2) is 0 Å². The lowest BCUT2D eigenvalue weighted by atomic mass is 10.1. The van der Waals surface area contributed by atoms with E-state index in [-0.39, 0.29) is 15.9 Å². The van der Waals surface area contributed by atoms with Crippen LogP contribution in [-0.2, 0) is 6.18 Å². The van der Waals surface area contributed by atoms with Gasteiger partial charge in [-0.3, -0.25) is 4.79 Å². The van der Waals surface area contributed by atoms with E-state index in [1.165, 1.54) is 12.1 Å². The van der Waals surface area contributed by atoms with Crippen LogP contribution < -0.4 is 5.43 Å². The highest BCUT2D eigenvalue weighted by Crippen LogP contribution is 2.29. The average Bonchev–Trinajstić information content (AvgIpc) is 2.17. The van der Waals surface area contributed by atoms with Crippen molar-refractivity contribution in [2.45, 2.75) is 13.1 Å². The molecule has 0 bridgehead atoms. The number of rotatable bonds is 0. The van der Waals surface area contributed by atoms with Crippen LogP contribution in [0.2, 0.25) is 5.02 Å². The molecule has 17 heavy (non-hydrogen) atoms. The molecule has 1 N–H and O–H groups in total. The van der Waals surface area contributed by atoms with Crippen molar-refractivity contribution in [2.75, 3.05) is 0 Å². The van der Waals surface area contributed by atoms with E-state index in [0.29, 0.717) is 11.6 Å². The van der Waals surface area contributed by atoms with Crippen molar-refractivity contribution in [3.63, 3.8) is 0 Å². The summed E-state index contributed by atoms with van der Waals surface area (Å²) in [6, 6.07) is 3.54. The summed E-state index contributed by atoms with van der Waals surface area (Å²) in [5.74, 6) is 0. The number of H-pyrrole nitrogens is 1. The molecule has 6 heteroatoms. The van der Waals surface area contributed by atoms with Gasteiger partial charge in [-0.05, 0) is 24.6 Å². The fourth-order valence-corrected chi connectivity index (χ4v) is 1.92. The van der Waals surface area contributed by atoms with E-state index < -0.39 is 17.3 Å². The molecule has 0 aliphatic rings. The molecule has 2 nitrogen and oxygen atoms in total. The second-order valence-corrected chi connectivity index (χ2v) is 4.12. The number of aryl methyl sites for hydroxylation is 1. The molecule has 0 radical (unpaired) electrons. The van der Waals surface area contributed by atoms with Crippen LogP contribution in [0.15, 0.2) is 23.0 Å². The van der Waals surface area contributed by atoms with Crippen molar-refractivity contribution in [2.24, 2.45) is 0 Å². The Morgan fingerprint density at radius 2 is 1.88 bits per heavy atom. The smallest absolute Gasteiger partial charge is 0.350 e. The zero-order valence-corrected chi connectivity index (χ0v) is 9.41. The van der Waals surface area contributed by atoms with Crippen LogP contribution in [0.1, 0.15) is 11.3 Å². The summed E-state index contributed by atoms with van der Waals surface area (Å²) in [5, 5.41) is 0.256. The van der Waals surface area contributed by atoms with E-state index in [1.807, 2.05) is 0 Å². The molecule has 2 rings (SSSR count). The first-order chi connectivity index (χ1) is 7.79. The van der Waals surface area contributed by atoms with Crippen molar-refractivity contribution < 1.29 is 13.2 Å². The lowest BCUT2D eigenvalue weighted by molar-refractivity contribution is -0.141. The van der Waals surface area contributed by atoms with Gasteiger partial charge in [0.15, 0.2) is 5.43 Å². The van der Waals surface area contributed by atoms with E-state index in [9.17, 15) is 18.0 Å². The Labute approximate surface area is 99.0 Å². The van der Waals surface area contributed by atoms with Crippen LogP contribution in [0.25, 0.3) is 10.9 Å². The fourth-order valence-electron chi connectivity index (χ4n) is 1.60. The summed E-state index contributed by atoms with van der Waals surface area (Å²) in [6.45, 7) is 1.71. The van der Waals surface area contributed by atoms with Crippen molar-refractivity contribution in [3.05, 3.63) is 44.7 Å². The quantitative estimate of drug-likeness (QED) is 0.773. The maximum Gasteiger partial charge on any atom is 0.431 e. The molecule has 0 fully saturated rings. The molecule has 0 aliphatic heterocycles.